The van der Waals surface area contributed by atoms with E-state index in [9.17, 15) is 4.79 Å². The van der Waals surface area contributed by atoms with Crippen molar-refractivity contribution < 1.29 is 9.53 Å². The molecule has 1 saturated carbocycles. The zero-order chi connectivity index (χ0) is 15.5. The number of ether oxygens (including phenoxy) is 1. The van der Waals surface area contributed by atoms with Gasteiger partial charge in [0.05, 0.1) is 13.0 Å². The van der Waals surface area contributed by atoms with Crippen molar-refractivity contribution in [2.45, 2.75) is 38.6 Å². The van der Waals surface area contributed by atoms with Crippen LogP contribution in [-0.4, -0.2) is 33.7 Å². The Morgan fingerprint density at radius 3 is 2.95 bits per heavy atom. The van der Waals surface area contributed by atoms with Crippen molar-refractivity contribution in [2.75, 3.05) is 18.5 Å². The minimum Gasteiger partial charge on any atom is -0.381 e. The maximum atomic E-state index is 12.0. The van der Waals surface area contributed by atoms with Gasteiger partial charge in [-0.2, -0.15) is 0 Å². The van der Waals surface area contributed by atoms with Crippen LogP contribution in [0.3, 0.4) is 0 Å². The lowest BCUT2D eigenvalue weighted by Crippen LogP contribution is -2.23. The van der Waals surface area contributed by atoms with Crippen molar-refractivity contribution in [2.24, 2.45) is 0 Å². The molecule has 0 saturated heterocycles. The molecule has 2 heterocycles. The third-order valence-electron chi connectivity index (χ3n) is 3.87. The summed E-state index contributed by atoms with van der Waals surface area (Å²) in [5.41, 5.74) is 1.48. The van der Waals surface area contributed by atoms with Crippen molar-refractivity contribution >= 4 is 34.6 Å². The fourth-order valence-corrected chi connectivity index (χ4v) is 2.67. The topological polar surface area (TPSA) is 69.0 Å². The molecule has 0 aliphatic heterocycles. The zero-order valence-electron chi connectivity index (χ0n) is 12.5. The molecular formula is C15H19ClN4O2. The fourth-order valence-electron chi connectivity index (χ4n) is 2.53. The average Bonchev–Trinajstić information content (AvgIpc) is 2.75. The molecule has 2 aromatic rings. The number of fused-ring (bicyclic) bond motifs is 1. The Hall–Kier alpha value is -1.66. The molecular weight excluding hydrogens is 304 g/mol. The lowest BCUT2D eigenvalue weighted by atomic mass is 9.93. The van der Waals surface area contributed by atoms with Gasteiger partial charge in [0.25, 0.3) is 0 Å². The number of pyridine rings is 1. The molecule has 1 aliphatic rings. The molecule has 0 radical (unpaired) electrons. The quantitative estimate of drug-likeness (QED) is 0.655. The molecule has 3 rings (SSSR count). The van der Waals surface area contributed by atoms with Crippen LogP contribution in [0.25, 0.3) is 11.2 Å². The highest BCUT2D eigenvalue weighted by molar-refractivity contribution is 6.29. The number of nitrogens with zero attached hydrogens (tertiary/aromatic N) is 3. The predicted octanol–water partition coefficient (Wildman–Crippen LogP) is 3.17. The third kappa shape index (κ3) is 3.08. The van der Waals surface area contributed by atoms with E-state index in [4.69, 9.17) is 16.3 Å². The molecule has 2 aromatic heterocycles. The number of amides is 1. The highest BCUT2D eigenvalue weighted by Crippen LogP contribution is 2.36. The van der Waals surface area contributed by atoms with E-state index in [1.165, 1.54) is 6.42 Å². The normalized spacial score (nSPS) is 15.0. The summed E-state index contributed by atoms with van der Waals surface area (Å²) in [6.07, 6.45) is 3.64. The maximum Gasteiger partial charge on any atom is 0.229 e. The van der Waals surface area contributed by atoms with Crippen molar-refractivity contribution in [3.8, 4) is 0 Å². The first-order chi connectivity index (χ1) is 10.7. The highest BCUT2D eigenvalue weighted by atomic mass is 35.5. The molecule has 0 aromatic carbocycles. The van der Waals surface area contributed by atoms with Gasteiger partial charge in [-0.25, -0.2) is 9.97 Å². The van der Waals surface area contributed by atoms with Crippen LogP contribution in [0.2, 0.25) is 5.15 Å². The summed E-state index contributed by atoms with van der Waals surface area (Å²) in [5, 5.41) is 3.31. The van der Waals surface area contributed by atoms with Crippen LogP contribution in [0.15, 0.2) is 12.1 Å². The highest BCUT2D eigenvalue weighted by Gasteiger charge is 2.26. The first-order valence-electron chi connectivity index (χ1n) is 7.61. The van der Waals surface area contributed by atoms with E-state index in [0.29, 0.717) is 36.8 Å². The molecule has 1 amide bonds. The van der Waals surface area contributed by atoms with Gasteiger partial charge < -0.3 is 4.74 Å². The number of rotatable bonds is 6. The number of nitrogens with one attached hydrogen (secondary N) is 1. The summed E-state index contributed by atoms with van der Waals surface area (Å²) in [6, 6.07) is 3.87. The molecule has 1 fully saturated rings. The van der Waals surface area contributed by atoms with Gasteiger partial charge in [0.1, 0.15) is 10.7 Å². The van der Waals surface area contributed by atoms with Crippen LogP contribution < -0.4 is 5.32 Å². The van der Waals surface area contributed by atoms with E-state index in [2.05, 4.69) is 15.3 Å². The number of hydrogen-bond acceptors (Lipinski definition) is 4. The Bertz CT molecular complexity index is 681. The van der Waals surface area contributed by atoms with Crippen LogP contribution in [0, 0.1) is 0 Å². The Kier molecular flexibility index (Phi) is 4.59. The summed E-state index contributed by atoms with van der Waals surface area (Å²) in [7, 11) is 0. The Balaban J connectivity index is 1.86. The van der Waals surface area contributed by atoms with E-state index in [1.807, 2.05) is 17.6 Å². The largest absolute Gasteiger partial charge is 0.381 e. The van der Waals surface area contributed by atoms with Crippen molar-refractivity contribution in [1.29, 1.82) is 0 Å². The smallest absolute Gasteiger partial charge is 0.229 e. The summed E-state index contributed by atoms with van der Waals surface area (Å²) >= 11 is 6.00. The maximum absolute atomic E-state index is 12.0. The molecule has 0 spiro atoms. The Morgan fingerprint density at radius 2 is 2.27 bits per heavy atom. The summed E-state index contributed by atoms with van der Waals surface area (Å²) in [6.45, 7) is 2.93. The molecule has 22 heavy (non-hydrogen) atoms. The minimum absolute atomic E-state index is 0.101. The second kappa shape index (κ2) is 6.62. The van der Waals surface area contributed by atoms with E-state index < -0.39 is 0 Å². The van der Waals surface area contributed by atoms with Gasteiger partial charge in [0.2, 0.25) is 11.9 Å². The molecule has 1 aliphatic carbocycles. The van der Waals surface area contributed by atoms with Crippen LogP contribution in [0.5, 0.6) is 0 Å². The number of carbonyl (C=O) groups is 1. The van der Waals surface area contributed by atoms with Crippen LogP contribution in [0.4, 0.5) is 5.95 Å². The van der Waals surface area contributed by atoms with Gasteiger partial charge in [0.15, 0.2) is 5.65 Å². The lowest BCUT2D eigenvalue weighted by Gasteiger charge is -2.28. The van der Waals surface area contributed by atoms with Gasteiger partial charge >= 0.3 is 0 Å². The summed E-state index contributed by atoms with van der Waals surface area (Å²) in [4.78, 5) is 20.9. The third-order valence-corrected chi connectivity index (χ3v) is 4.08. The van der Waals surface area contributed by atoms with Crippen LogP contribution in [-0.2, 0) is 9.53 Å². The fraction of sp³-hybridized carbons (Fsp3) is 0.533. The first kappa shape index (κ1) is 15.2. The van der Waals surface area contributed by atoms with Crippen molar-refractivity contribution in [3.05, 3.63) is 17.3 Å². The number of hydrogen-bond donors (Lipinski definition) is 1. The van der Waals surface area contributed by atoms with Gasteiger partial charge in [-0.3, -0.25) is 14.7 Å². The van der Waals surface area contributed by atoms with E-state index in [-0.39, 0.29) is 5.91 Å². The van der Waals surface area contributed by atoms with Crippen LogP contribution in [0.1, 0.15) is 38.6 Å². The minimum atomic E-state index is -0.101. The van der Waals surface area contributed by atoms with Gasteiger partial charge in [-0.15, -0.1) is 0 Å². The number of halogens is 1. The lowest BCUT2D eigenvalue weighted by molar-refractivity contribution is -0.117. The second-order valence-electron chi connectivity index (χ2n) is 5.36. The molecule has 7 heteroatoms. The van der Waals surface area contributed by atoms with Gasteiger partial charge in [-0.1, -0.05) is 11.6 Å². The van der Waals surface area contributed by atoms with E-state index >= 15 is 0 Å². The second-order valence-corrected chi connectivity index (χ2v) is 5.75. The van der Waals surface area contributed by atoms with E-state index in [0.717, 1.165) is 24.0 Å². The predicted molar refractivity (Wildman–Crippen MR) is 85.2 cm³/mol. The molecule has 1 N–H and O–H groups in total. The standard InChI is InChI=1S/C15H19ClN4O2/c1-2-22-9-8-13(21)19-15-17-11-6-7-12(16)18-14(11)20(15)10-4-3-5-10/h6-7,10H,2-5,8-9H2,1H3,(H,17,19,21). The van der Waals surface area contributed by atoms with E-state index in [1.54, 1.807) is 6.07 Å². The molecule has 6 nitrogen and oxygen atoms in total. The Morgan fingerprint density at radius 1 is 1.45 bits per heavy atom. The molecule has 118 valence electrons. The average molecular weight is 323 g/mol. The monoisotopic (exact) mass is 322 g/mol. The van der Waals surface area contributed by atoms with Gasteiger partial charge in [-0.05, 0) is 38.3 Å². The van der Waals surface area contributed by atoms with Crippen molar-refractivity contribution in [1.82, 2.24) is 14.5 Å². The molecule has 0 unspecified atom stereocenters. The number of imidazole rings is 1. The number of anilines is 1. The number of aromatic nitrogens is 3. The van der Waals surface area contributed by atoms with Crippen molar-refractivity contribution in [3.63, 3.8) is 0 Å². The summed E-state index contributed by atoms with van der Waals surface area (Å²) < 4.78 is 7.21. The molecule has 0 atom stereocenters. The number of carbonyl (C=O) groups excluding carboxylic acids is 1. The zero-order valence-corrected chi connectivity index (χ0v) is 13.3. The Labute approximate surface area is 133 Å². The van der Waals surface area contributed by atoms with Gasteiger partial charge in [0, 0.05) is 12.6 Å². The first-order valence-corrected chi connectivity index (χ1v) is 7.99. The summed E-state index contributed by atoms with van der Waals surface area (Å²) in [5.74, 6) is 0.450. The SMILES string of the molecule is CCOCCC(=O)Nc1nc2ccc(Cl)nc2n1C1CCC1. The molecule has 0 bridgehead atoms. The van der Waals surface area contributed by atoms with Crippen LogP contribution >= 0.6 is 11.6 Å².